The molecule has 0 saturated heterocycles. The molecule has 22 heavy (non-hydrogen) atoms. The lowest BCUT2D eigenvalue weighted by Gasteiger charge is -2.26. The lowest BCUT2D eigenvalue weighted by Crippen LogP contribution is -2.31. The topological polar surface area (TPSA) is 18.5 Å². The Hall–Kier alpha value is -2.01. The molecule has 3 rings (SSSR count). The fourth-order valence-corrected chi connectivity index (χ4v) is 2.52. The third-order valence-corrected chi connectivity index (χ3v) is 3.62. The van der Waals surface area contributed by atoms with Crippen LogP contribution in [-0.4, -0.2) is 12.7 Å². The van der Waals surface area contributed by atoms with Gasteiger partial charge in [0.2, 0.25) is 6.29 Å². The summed E-state index contributed by atoms with van der Waals surface area (Å²) in [6.45, 7) is 2.02. The van der Waals surface area contributed by atoms with Crippen molar-refractivity contribution in [2.45, 2.75) is 32.4 Å². The number of hydrogen-bond donors (Lipinski definition) is 0. The summed E-state index contributed by atoms with van der Waals surface area (Å²) in [5.41, 5.74) is 4.18. The van der Waals surface area contributed by atoms with E-state index in [2.05, 4.69) is 4.74 Å². The zero-order valence-corrected chi connectivity index (χ0v) is 12.0. The Morgan fingerprint density at radius 2 is 1.73 bits per heavy atom. The van der Waals surface area contributed by atoms with Gasteiger partial charge in [-0.1, -0.05) is 35.9 Å². The first-order chi connectivity index (χ1) is 10.4. The van der Waals surface area contributed by atoms with Gasteiger partial charge in [-0.2, -0.15) is 0 Å². The summed E-state index contributed by atoms with van der Waals surface area (Å²) >= 11 is 0. The highest BCUT2D eigenvalue weighted by molar-refractivity contribution is 5.66. The van der Waals surface area contributed by atoms with Gasteiger partial charge in [-0.05, 0) is 42.2 Å². The maximum atomic E-state index is 12.2. The summed E-state index contributed by atoms with van der Waals surface area (Å²) in [6, 6.07) is 13.6. The van der Waals surface area contributed by atoms with Crippen LogP contribution in [0.5, 0.6) is 5.75 Å². The van der Waals surface area contributed by atoms with E-state index in [4.69, 9.17) is 4.74 Å². The van der Waals surface area contributed by atoms with Crippen LogP contribution < -0.4 is 4.74 Å². The second-order valence-electron chi connectivity index (χ2n) is 5.34. The molecule has 0 saturated carbocycles. The number of hydrogen-bond acceptors (Lipinski definition) is 2. The average Bonchev–Trinajstić information content (AvgIpc) is 2.46. The predicted octanol–water partition coefficient (Wildman–Crippen LogP) is 4.85. The molecule has 0 bridgehead atoms. The molecule has 2 aromatic rings. The van der Waals surface area contributed by atoms with Gasteiger partial charge in [0.15, 0.2) is 0 Å². The van der Waals surface area contributed by atoms with Crippen molar-refractivity contribution in [3.63, 3.8) is 0 Å². The van der Waals surface area contributed by atoms with Crippen molar-refractivity contribution in [3.8, 4) is 16.9 Å². The second kappa shape index (κ2) is 5.65. The number of fused-ring (bicyclic) bond motifs is 1. The number of aryl methyl sites for hydroxylation is 2. The highest BCUT2D eigenvalue weighted by Gasteiger charge is 2.36. The van der Waals surface area contributed by atoms with Crippen molar-refractivity contribution in [3.05, 3.63) is 53.6 Å². The molecule has 1 aliphatic heterocycles. The van der Waals surface area contributed by atoms with Crippen molar-refractivity contribution in [2.75, 3.05) is 0 Å². The molecule has 2 aromatic carbocycles. The molecule has 1 atom stereocenters. The molecular weight excluding hydrogens is 293 g/mol. The molecule has 0 amide bonds. The molecule has 0 spiro atoms. The highest BCUT2D eigenvalue weighted by Crippen LogP contribution is 2.34. The highest BCUT2D eigenvalue weighted by atomic mass is 19.4. The molecule has 0 radical (unpaired) electrons. The molecule has 0 fully saturated rings. The fraction of sp³-hybridized carbons (Fsp3) is 0.294. The first-order valence-electron chi connectivity index (χ1n) is 7.02. The van der Waals surface area contributed by atoms with Gasteiger partial charge in [0.05, 0.1) is 0 Å². The third-order valence-electron chi connectivity index (χ3n) is 3.62. The van der Waals surface area contributed by atoms with E-state index in [1.807, 2.05) is 43.3 Å². The Balaban J connectivity index is 1.80. The predicted molar refractivity (Wildman–Crippen MR) is 76.5 cm³/mol. The summed E-state index contributed by atoms with van der Waals surface area (Å²) in [5, 5.41) is 0. The van der Waals surface area contributed by atoms with E-state index < -0.39 is 12.7 Å². The molecule has 0 aliphatic carbocycles. The Kier molecular flexibility index (Phi) is 3.83. The third kappa shape index (κ3) is 3.42. The molecule has 5 heteroatoms. The number of rotatable bonds is 2. The van der Waals surface area contributed by atoms with Crippen LogP contribution in [0.1, 0.15) is 17.5 Å². The number of benzene rings is 2. The van der Waals surface area contributed by atoms with Crippen LogP contribution in [0.4, 0.5) is 13.2 Å². The van der Waals surface area contributed by atoms with Gasteiger partial charge in [0, 0.05) is 6.42 Å². The van der Waals surface area contributed by atoms with Crippen LogP contribution in [0.15, 0.2) is 42.5 Å². The summed E-state index contributed by atoms with van der Waals surface area (Å²) in [6.07, 6.45) is -5.26. The summed E-state index contributed by atoms with van der Waals surface area (Å²) in [7, 11) is 0. The summed E-state index contributed by atoms with van der Waals surface area (Å²) in [4.78, 5) is 0. The maximum absolute atomic E-state index is 12.2. The molecule has 1 unspecified atom stereocenters. The molecule has 0 aromatic heterocycles. The van der Waals surface area contributed by atoms with Crippen LogP contribution in [0.25, 0.3) is 11.1 Å². The van der Waals surface area contributed by atoms with Gasteiger partial charge in [0.1, 0.15) is 5.75 Å². The Labute approximate surface area is 126 Å². The van der Waals surface area contributed by atoms with E-state index >= 15 is 0 Å². The normalized spacial score (nSPS) is 17.7. The van der Waals surface area contributed by atoms with E-state index in [1.54, 1.807) is 6.07 Å². The standard InChI is InChI=1S/C17H15F3O2/c1-11-2-4-12(5-3-11)13-6-8-15-14(10-13)7-9-16(21-15)22-17(18,19)20/h2-6,8,10,16H,7,9H2,1H3. The van der Waals surface area contributed by atoms with Crippen molar-refractivity contribution in [2.24, 2.45) is 0 Å². The van der Waals surface area contributed by atoms with E-state index in [0.29, 0.717) is 12.2 Å². The van der Waals surface area contributed by atoms with E-state index in [-0.39, 0.29) is 6.42 Å². The zero-order chi connectivity index (χ0) is 15.7. The minimum absolute atomic E-state index is 0.184. The Bertz CT molecular complexity index is 663. The van der Waals surface area contributed by atoms with Crippen LogP contribution in [0.3, 0.4) is 0 Å². The molecule has 1 heterocycles. The van der Waals surface area contributed by atoms with Crippen molar-refractivity contribution >= 4 is 0 Å². The lowest BCUT2D eigenvalue weighted by atomic mass is 9.98. The first-order valence-corrected chi connectivity index (χ1v) is 7.02. The van der Waals surface area contributed by atoms with Crippen LogP contribution in [0.2, 0.25) is 0 Å². The zero-order valence-electron chi connectivity index (χ0n) is 12.0. The van der Waals surface area contributed by atoms with Crippen molar-refractivity contribution < 1.29 is 22.6 Å². The largest absolute Gasteiger partial charge is 0.525 e. The number of ether oxygens (including phenoxy) is 2. The minimum Gasteiger partial charge on any atom is -0.464 e. The molecule has 2 nitrogen and oxygen atoms in total. The summed E-state index contributed by atoms with van der Waals surface area (Å²) in [5.74, 6) is 0.455. The number of halogens is 3. The summed E-state index contributed by atoms with van der Waals surface area (Å²) < 4.78 is 45.9. The Morgan fingerprint density at radius 1 is 1.05 bits per heavy atom. The molecule has 116 valence electrons. The van der Waals surface area contributed by atoms with Gasteiger partial charge >= 0.3 is 6.36 Å². The van der Waals surface area contributed by atoms with Gasteiger partial charge < -0.3 is 4.74 Å². The van der Waals surface area contributed by atoms with Crippen LogP contribution >= 0.6 is 0 Å². The monoisotopic (exact) mass is 308 g/mol. The second-order valence-corrected chi connectivity index (χ2v) is 5.34. The van der Waals surface area contributed by atoms with Crippen LogP contribution in [0, 0.1) is 6.92 Å². The quantitative estimate of drug-likeness (QED) is 0.789. The smallest absolute Gasteiger partial charge is 0.464 e. The van der Waals surface area contributed by atoms with Crippen LogP contribution in [-0.2, 0) is 11.2 Å². The fourth-order valence-electron chi connectivity index (χ4n) is 2.52. The lowest BCUT2D eigenvalue weighted by molar-refractivity contribution is -0.369. The molecule has 0 N–H and O–H groups in total. The van der Waals surface area contributed by atoms with E-state index in [9.17, 15) is 13.2 Å². The number of alkyl halides is 3. The average molecular weight is 308 g/mol. The van der Waals surface area contributed by atoms with Crippen molar-refractivity contribution in [1.29, 1.82) is 0 Å². The molecular formula is C17H15F3O2. The maximum Gasteiger partial charge on any atom is 0.525 e. The molecule has 1 aliphatic rings. The minimum atomic E-state index is -4.68. The SMILES string of the molecule is Cc1ccc(-c2ccc3c(c2)CCC(OC(F)(F)F)O3)cc1. The van der Waals surface area contributed by atoms with E-state index in [0.717, 1.165) is 16.7 Å². The first kappa shape index (κ1) is 14.9. The van der Waals surface area contributed by atoms with E-state index in [1.165, 1.54) is 5.56 Å². The van der Waals surface area contributed by atoms with Gasteiger partial charge in [-0.15, -0.1) is 13.2 Å². The van der Waals surface area contributed by atoms with Gasteiger partial charge in [0.25, 0.3) is 0 Å². The van der Waals surface area contributed by atoms with Gasteiger partial charge in [-0.25, -0.2) is 0 Å². The van der Waals surface area contributed by atoms with Crippen molar-refractivity contribution in [1.82, 2.24) is 0 Å². The van der Waals surface area contributed by atoms with Gasteiger partial charge in [-0.3, -0.25) is 4.74 Å². The Morgan fingerprint density at radius 3 is 2.41 bits per heavy atom.